The van der Waals surface area contributed by atoms with Gasteiger partial charge in [-0.3, -0.25) is 0 Å². The number of nitrogens with zero attached hydrogens (tertiary/aromatic N) is 1. The van der Waals surface area contributed by atoms with Crippen molar-refractivity contribution >= 4 is 11.4 Å². The largest absolute Gasteiger partial charge is 0.353 e. The van der Waals surface area contributed by atoms with Gasteiger partial charge in [0.25, 0.3) is 0 Å². The van der Waals surface area contributed by atoms with Crippen molar-refractivity contribution in [1.82, 2.24) is 0 Å². The van der Waals surface area contributed by atoms with Crippen molar-refractivity contribution in [2.45, 2.75) is 5.66 Å². The molecule has 1 aliphatic rings. The van der Waals surface area contributed by atoms with Crippen LogP contribution in [-0.4, -0.2) is 5.71 Å². The first-order valence-corrected chi connectivity index (χ1v) is 9.61. The third kappa shape index (κ3) is 3.01. The van der Waals surface area contributed by atoms with Crippen molar-refractivity contribution in [1.29, 1.82) is 0 Å². The van der Waals surface area contributed by atoms with Gasteiger partial charge in [-0.15, -0.1) is 0 Å². The van der Waals surface area contributed by atoms with E-state index in [2.05, 4.69) is 29.6 Å². The highest BCUT2D eigenvalue weighted by molar-refractivity contribution is 6.17. The van der Waals surface area contributed by atoms with Crippen LogP contribution in [0.1, 0.15) is 22.3 Å². The third-order valence-corrected chi connectivity index (χ3v) is 5.26. The second kappa shape index (κ2) is 7.02. The molecule has 0 radical (unpaired) electrons. The molecule has 0 aromatic heterocycles. The molecule has 0 unspecified atom stereocenters. The van der Waals surface area contributed by atoms with Crippen LogP contribution in [0.25, 0.3) is 0 Å². The first-order chi connectivity index (χ1) is 14.3. The van der Waals surface area contributed by atoms with Gasteiger partial charge in [0.05, 0.1) is 5.71 Å². The SMILES string of the molecule is Fc1ccc2c(c1)NC(c1ccccc1)(c1ccccc1)N=C2c1ccccc1. The van der Waals surface area contributed by atoms with Crippen molar-refractivity contribution in [3.63, 3.8) is 0 Å². The normalized spacial score (nSPS) is 14.4. The molecule has 0 aliphatic carbocycles. The number of hydrogen-bond donors (Lipinski definition) is 1. The van der Waals surface area contributed by atoms with Crippen LogP contribution >= 0.6 is 0 Å². The summed E-state index contributed by atoms with van der Waals surface area (Å²) in [4.78, 5) is 5.28. The summed E-state index contributed by atoms with van der Waals surface area (Å²) in [5.41, 5.74) is 4.59. The Hall–Kier alpha value is -3.72. The Morgan fingerprint density at radius 1 is 0.655 bits per heavy atom. The molecule has 0 amide bonds. The lowest BCUT2D eigenvalue weighted by molar-refractivity contribution is 0.609. The predicted octanol–water partition coefficient (Wildman–Crippen LogP) is 5.99. The number of benzene rings is 4. The molecule has 1 aliphatic heterocycles. The van der Waals surface area contributed by atoms with Crippen molar-refractivity contribution in [3.8, 4) is 0 Å². The Morgan fingerprint density at radius 2 is 1.21 bits per heavy atom. The highest BCUT2D eigenvalue weighted by Crippen LogP contribution is 2.41. The van der Waals surface area contributed by atoms with Gasteiger partial charge in [0.15, 0.2) is 5.66 Å². The fourth-order valence-electron chi connectivity index (χ4n) is 3.89. The van der Waals surface area contributed by atoms with Crippen molar-refractivity contribution in [2.24, 2.45) is 4.99 Å². The minimum absolute atomic E-state index is 0.277. The molecular formula is C26H19FN2. The van der Waals surface area contributed by atoms with Crippen LogP contribution in [0.2, 0.25) is 0 Å². The van der Waals surface area contributed by atoms with Crippen LogP contribution in [-0.2, 0) is 5.66 Å². The quantitative estimate of drug-likeness (QED) is 0.465. The summed E-state index contributed by atoms with van der Waals surface area (Å²) in [5.74, 6) is -0.277. The van der Waals surface area contributed by atoms with Crippen LogP contribution in [0.15, 0.2) is 114 Å². The predicted molar refractivity (Wildman–Crippen MR) is 116 cm³/mol. The maximum atomic E-state index is 14.2. The summed E-state index contributed by atoms with van der Waals surface area (Å²) in [7, 11) is 0. The van der Waals surface area contributed by atoms with E-state index in [1.807, 2.05) is 66.7 Å². The molecule has 0 saturated heterocycles. The molecule has 4 aromatic carbocycles. The maximum Gasteiger partial charge on any atom is 0.182 e. The summed E-state index contributed by atoms with van der Waals surface area (Å²) >= 11 is 0. The van der Waals surface area contributed by atoms with Gasteiger partial charge in [-0.25, -0.2) is 9.38 Å². The molecule has 0 bridgehead atoms. The molecule has 29 heavy (non-hydrogen) atoms. The molecule has 4 aromatic rings. The van der Waals surface area contributed by atoms with Gasteiger partial charge in [0.1, 0.15) is 5.82 Å². The minimum atomic E-state index is -0.853. The summed E-state index contributed by atoms with van der Waals surface area (Å²) in [5, 5.41) is 3.56. The highest BCUT2D eigenvalue weighted by Gasteiger charge is 2.38. The van der Waals surface area contributed by atoms with E-state index in [1.165, 1.54) is 6.07 Å². The van der Waals surface area contributed by atoms with E-state index in [1.54, 1.807) is 12.1 Å². The summed E-state index contributed by atoms with van der Waals surface area (Å²) < 4.78 is 14.2. The lowest BCUT2D eigenvalue weighted by Gasteiger charge is -2.38. The van der Waals surface area contributed by atoms with Gasteiger partial charge in [-0.1, -0.05) is 91.0 Å². The summed E-state index contributed by atoms with van der Waals surface area (Å²) in [6.07, 6.45) is 0. The van der Waals surface area contributed by atoms with Crippen LogP contribution in [0, 0.1) is 5.82 Å². The van der Waals surface area contributed by atoms with E-state index in [0.717, 1.165) is 33.7 Å². The van der Waals surface area contributed by atoms with Crippen LogP contribution in [0.4, 0.5) is 10.1 Å². The Balaban J connectivity index is 1.84. The maximum absolute atomic E-state index is 14.2. The summed E-state index contributed by atoms with van der Waals surface area (Å²) in [6, 6.07) is 35.1. The van der Waals surface area contributed by atoms with E-state index in [-0.39, 0.29) is 5.82 Å². The zero-order valence-corrected chi connectivity index (χ0v) is 15.7. The molecule has 3 heteroatoms. The van der Waals surface area contributed by atoms with Gasteiger partial charge in [0.2, 0.25) is 0 Å². The van der Waals surface area contributed by atoms with E-state index >= 15 is 0 Å². The molecule has 5 rings (SSSR count). The fraction of sp³-hybridized carbons (Fsp3) is 0.0385. The Labute approximate surface area is 169 Å². The minimum Gasteiger partial charge on any atom is -0.353 e. The van der Waals surface area contributed by atoms with Gasteiger partial charge >= 0.3 is 0 Å². The van der Waals surface area contributed by atoms with Crippen molar-refractivity contribution in [2.75, 3.05) is 5.32 Å². The Bertz CT molecular complexity index is 1130. The van der Waals surface area contributed by atoms with E-state index in [0.29, 0.717) is 0 Å². The van der Waals surface area contributed by atoms with Gasteiger partial charge < -0.3 is 5.32 Å². The number of rotatable bonds is 3. The second-order valence-electron chi connectivity index (χ2n) is 7.08. The average Bonchev–Trinajstić information content (AvgIpc) is 2.80. The molecular weight excluding hydrogens is 359 g/mol. The topological polar surface area (TPSA) is 24.4 Å². The van der Waals surface area contributed by atoms with E-state index < -0.39 is 5.66 Å². The first-order valence-electron chi connectivity index (χ1n) is 9.61. The van der Waals surface area contributed by atoms with E-state index in [4.69, 9.17) is 4.99 Å². The smallest absolute Gasteiger partial charge is 0.182 e. The molecule has 0 fully saturated rings. The lowest BCUT2D eigenvalue weighted by Crippen LogP contribution is -2.39. The van der Waals surface area contributed by atoms with Crippen LogP contribution in [0.5, 0.6) is 0 Å². The molecule has 1 N–H and O–H groups in total. The fourth-order valence-corrected chi connectivity index (χ4v) is 3.89. The first kappa shape index (κ1) is 17.4. The summed E-state index contributed by atoms with van der Waals surface area (Å²) in [6.45, 7) is 0. The molecule has 0 atom stereocenters. The molecule has 0 spiro atoms. The van der Waals surface area contributed by atoms with E-state index in [9.17, 15) is 4.39 Å². The van der Waals surface area contributed by atoms with Crippen LogP contribution in [0.3, 0.4) is 0 Å². The number of aliphatic imine (C=N–C) groups is 1. The molecule has 140 valence electrons. The average molecular weight is 378 g/mol. The van der Waals surface area contributed by atoms with Gasteiger partial charge in [0, 0.05) is 27.9 Å². The third-order valence-electron chi connectivity index (χ3n) is 5.26. The zero-order valence-electron chi connectivity index (χ0n) is 15.7. The van der Waals surface area contributed by atoms with Crippen molar-refractivity contribution < 1.29 is 4.39 Å². The molecule has 1 heterocycles. The lowest BCUT2D eigenvalue weighted by atomic mass is 9.87. The molecule has 2 nitrogen and oxygen atoms in total. The number of anilines is 1. The number of halogens is 1. The molecule has 0 saturated carbocycles. The highest BCUT2D eigenvalue weighted by atomic mass is 19.1. The van der Waals surface area contributed by atoms with Crippen LogP contribution < -0.4 is 5.32 Å². The number of nitrogens with one attached hydrogen (secondary N) is 1. The zero-order chi connectivity index (χ0) is 19.7. The van der Waals surface area contributed by atoms with Crippen molar-refractivity contribution in [3.05, 3.63) is 137 Å². The second-order valence-corrected chi connectivity index (χ2v) is 7.08. The monoisotopic (exact) mass is 378 g/mol. The standard InChI is InChI=1S/C26H19FN2/c27-22-16-17-23-24(18-22)28-26(20-12-6-2-7-13-20,21-14-8-3-9-15-21)29-25(23)19-10-4-1-5-11-19/h1-18,28H. The number of fused-ring (bicyclic) bond motifs is 1. The Kier molecular flexibility index (Phi) is 4.21. The Morgan fingerprint density at radius 3 is 1.79 bits per heavy atom. The van der Waals surface area contributed by atoms with Gasteiger partial charge in [-0.05, 0) is 18.2 Å². The number of hydrogen-bond acceptors (Lipinski definition) is 2. The van der Waals surface area contributed by atoms with Gasteiger partial charge in [-0.2, -0.15) is 0 Å².